The summed E-state index contributed by atoms with van der Waals surface area (Å²) in [5.74, 6) is -0.800. The van der Waals surface area contributed by atoms with Crippen LogP contribution in [-0.4, -0.2) is 33.6 Å². The first kappa shape index (κ1) is 16.2. The second-order valence-corrected chi connectivity index (χ2v) is 7.03. The van der Waals surface area contributed by atoms with E-state index >= 15 is 0 Å². The number of ether oxygens (including phenoxy) is 1. The van der Waals surface area contributed by atoms with Gasteiger partial charge in [-0.25, -0.2) is 0 Å². The summed E-state index contributed by atoms with van der Waals surface area (Å²) in [6, 6.07) is 7.60. The van der Waals surface area contributed by atoms with Gasteiger partial charge in [-0.15, -0.1) is 11.8 Å². The van der Waals surface area contributed by atoms with E-state index in [4.69, 9.17) is 21.4 Å². The minimum absolute atomic E-state index is 0.187. The summed E-state index contributed by atoms with van der Waals surface area (Å²) < 4.78 is 5.48. The Kier molecular flexibility index (Phi) is 5.17. The quantitative estimate of drug-likeness (QED) is 0.841. The summed E-state index contributed by atoms with van der Waals surface area (Å²) in [6.07, 6.45) is 1.26. The largest absolute Gasteiger partial charge is 0.481 e. The second kappa shape index (κ2) is 6.71. The molecule has 21 heavy (non-hydrogen) atoms. The zero-order valence-electron chi connectivity index (χ0n) is 11.7. The number of carbonyl (C=O) groups is 2. The van der Waals surface area contributed by atoms with Gasteiger partial charge >= 0.3 is 11.9 Å². The number of aliphatic carboxylic acids is 1. The van der Waals surface area contributed by atoms with E-state index in [2.05, 4.69) is 0 Å². The van der Waals surface area contributed by atoms with Gasteiger partial charge in [0.05, 0.1) is 6.42 Å². The summed E-state index contributed by atoms with van der Waals surface area (Å²) in [5, 5.41) is 8.85. The molecule has 1 heterocycles. The predicted molar refractivity (Wildman–Crippen MR) is 82.8 cm³/mol. The number of hydrogen-bond donors (Lipinski definition) is 1. The zero-order chi connectivity index (χ0) is 15.5. The van der Waals surface area contributed by atoms with Gasteiger partial charge in [-0.05, 0) is 37.5 Å². The Hall–Kier alpha value is -1.20. The van der Waals surface area contributed by atoms with Crippen LogP contribution in [0.3, 0.4) is 0 Å². The maximum atomic E-state index is 11.9. The van der Waals surface area contributed by atoms with Crippen LogP contribution in [0.5, 0.6) is 0 Å². The van der Waals surface area contributed by atoms with Gasteiger partial charge in [-0.1, -0.05) is 23.7 Å². The van der Waals surface area contributed by atoms with Gasteiger partial charge in [-0.3, -0.25) is 9.59 Å². The van der Waals surface area contributed by atoms with Crippen LogP contribution in [0, 0.1) is 0 Å². The van der Waals surface area contributed by atoms with Gasteiger partial charge in [-0.2, -0.15) is 0 Å². The lowest BCUT2D eigenvalue weighted by Crippen LogP contribution is -2.44. The van der Waals surface area contributed by atoms with E-state index in [0.29, 0.717) is 17.2 Å². The number of carbonyl (C=O) groups excluding carboxylic acids is 1. The number of cyclic esters (lactones) is 1. The predicted octanol–water partition coefficient (Wildman–Crippen LogP) is 3.16. The summed E-state index contributed by atoms with van der Waals surface area (Å²) >= 11 is 7.31. The third-order valence-electron chi connectivity index (χ3n) is 3.39. The third-order valence-corrected chi connectivity index (χ3v) is 5.17. The van der Waals surface area contributed by atoms with Gasteiger partial charge < -0.3 is 9.84 Å². The Morgan fingerprint density at radius 3 is 2.95 bits per heavy atom. The molecule has 4 nitrogen and oxygen atoms in total. The molecule has 0 aromatic heterocycles. The summed E-state index contributed by atoms with van der Waals surface area (Å²) in [7, 11) is 0. The SMILES string of the molecule is CC1(CCc2cccc(Cl)c2)CSC(CC(=O)O)C(=O)O1. The number of aryl methyl sites for hydroxylation is 1. The molecule has 0 saturated carbocycles. The van der Waals surface area contributed by atoms with Gasteiger partial charge in [0.2, 0.25) is 0 Å². The molecule has 0 bridgehead atoms. The highest BCUT2D eigenvalue weighted by Gasteiger charge is 2.39. The number of carboxylic acid groups (broad SMARTS) is 1. The number of esters is 1. The van der Waals surface area contributed by atoms with E-state index in [1.165, 1.54) is 11.8 Å². The fourth-order valence-corrected chi connectivity index (χ4v) is 3.62. The molecule has 114 valence electrons. The Morgan fingerprint density at radius 2 is 2.33 bits per heavy atom. The average Bonchev–Trinajstić information content (AvgIpc) is 2.40. The van der Waals surface area contributed by atoms with E-state index in [9.17, 15) is 9.59 Å². The molecule has 6 heteroatoms. The van der Waals surface area contributed by atoms with Crippen LogP contribution in [0.1, 0.15) is 25.3 Å². The molecular weight excluding hydrogens is 312 g/mol. The highest BCUT2D eigenvalue weighted by Crippen LogP contribution is 2.34. The molecule has 2 rings (SSSR count). The Bertz CT molecular complexity index is 548. The molecule has 1 aromatic rings. The van der Waals surface area contributed by atoms with Crippen molar-refractivity contribution in [2.75, 3.05) is 5.75 Å². The van der Waals surface area contributed by atoms with Crippen LogP contribution in [0.15, 0.2) is 24.3 Å². The molecule has 1 fully saturated rings. The van der Waals surface area contributed by atoms with Crippen LogP contribution >= 0.6 is 23.4 Å². The van der Waals surface area contributed by atoms with Crippen molar-refractivity contribution >= 4 is 35.3 Å². The molecule has 0 spiro atoms. The van der Waals surface area contributed by atoms with E-state index in [0.717, 1.165) is 12.0 Å². The molecule has 2 unspecified atom stereocenters. The lowest BCUT2D eigenvalue weighted by molar-refractivity contribution is -0.159. The second-order valence-electron chi connectivity index (χ2n) is 5.40. The minimum atomic E-state index is -0.980. The molecule has 0 aliphatic carbocycles. The van der Waals surface area contributed by atoms with Gasteiger partial charge in [0.25, 0.3) is 0 Å². The summed E-state index contributed by atoms with van der Waals surface area (Å²) in [4.78, 5) is 22.6. The summed E-state index contributed by atoms with van der Waals surface area (Å²) in [6.45, 7) is 1.89. The molecule has 1 aliphatic rings. The van der Waals surface area contributed by atoms with Gasteiger partial charge in [0.15, 0.2) is 0 Å². The molecule has 1 saturated heterocycles. The van der Waals surface area contributed by atoms with E-state index < -0.39 is 22.8 Å². The van der Waals surface area contributed by atoms with Gasteiger partial charge in [0, 0.05) is 10.8 Å². The van der Waals surface area contributed by atoms with Crippen LogP contribution in [0.25, 0.3) is 0 Å². The molecule has 1 aromatic carbocycles. The first-order valence-corrected chi connectivity index (χ1v) is 8.11. The standard InChI is InChI=1S/C15H17ClO4S/c1-15(6-5-10-3-2-4-11(16)7-10)9-21-12(8-13(17)18)14(19)20-15/h2-4,7,12H,5-6,8-9H2,1H3,(H,17,18). The molecule has 1 N–H and O–H groups in total. The number of carboxylic acids is 1. The van der Waals surface area contributed by atoms with Crippen molar-refractivity contribution in [3.63, 3.8) is 0 Å². The van der Waals surface area contributed by atoms with Crippen LogP contribution in [-0.2, 0) is 20.7 Å². The van der Waals surface area contributed by atoms with Crippen molar-refractivity contribution in [1.82, 2.24) is 0 Å². The normalized spacial score (nSPS) is 25.4. The van der Waals surface area contributed by atoms with Crippen molar-refractivity contribution in [3.8, 4) is 0 Å². The molecule has 2 atom stereocenters. The highest BCUT2D eigenvalue weighted by atomic mass is 35.5. The summed E-state index contributed by atoms with van der Waals surface area (Å²) in [5.41, 5.74) is 0.538. The van der Waals surface area contributed by atoms with Gasteiger partial charge in [0.1, 0.15) is 10.9 Å². The first-order valence-electron chi connectivity index (χ1n) is 6.69. The fraction of sp³-hybridized carbons (Fsp3) is 0.467. The van der Waals surface area contributed by atoms with E-state index in [1.54, 1.807) is 0 Å². The molecular formula is C15H17ClO4S. The number of thioether (sulfide) groups is 1. The van der Waals surface area contributed by atoms with E-state index in [-0.39, 0.29) is 6.42 Å². The number of rotatable bonds is 5. The van der Waals surface area contributed by atoms with Crippen molar-refractivity contribution < 1.29 is 19.4 Å². The Labute approximate surface area is 132 Å². The lowest BCUT2D eigenvalue weighted by Gasteiger charge is -2.36. The fourth-order valence-electron chi connectivity index (χ4n) is 2.21. The van der Waals surface area contributed by atoms with Crippen molar-refractivity contribution in [3.05, 3.63) is 34.9 Å². The number of benzene rings is 1. The Balaban J connectivity index is 1.92. The maximum Gasteiger partial charge on any atom is 0.320 e. The topological polar surface area (TPSA) is 63.6 Å². The molecule has 0 radical (unpaired) electrons. The third kappa shape index (κ3) is 4.64. The first-order chi connectivity index (χ1) is 9.88. The average molecular weight is 329 g/mol. The van der Waals surface area contributed by atoms with Crippen LogP contribution in [0.2, 0.25) is 5.02 Å². The monoisotopic (exact) mass is 328 g/mol. The zero-order valence-corrected chi connectivity index (χ0v) is 13.2. The van der Waals surface area contributed by atoms with E-state index in [1.807, 2.05) is 31.2 Å². The van der Waals surface area contributed by atoms with Crippen LogP contribution < -0.4 is 0 Å². The lowest BCUT2D eigenvalue weighted by atomic mass is 9.98. The molecule has 1 aliphatic heterocycles. The maximum absolute atomic E-state index is 11.9. The minimum Gasteiger partial charge on any atom is -0.481 e. The molecule has 0 amide bonds. The van der Waals surface area contributed by atoms with Crippen molar-refractivity contribution in [2.45, 2.75) is 37.0 Å². The number of hydrogen-bond acceptors (Lipinski definition) is 4. The highest BCUT2D eigenvalue weighted by molar-refractivity contribution is 8.00. The van der Waals surface area contributed by atoms with Crippen LogP contribution in [0.4, 0.5) is 0 Å². The number of halogens is 1. The van der Waals surface area contributed by atoms with Crippen molar-refractivity contribution in [1.29, 1.82) is 0 Å². The van der Waals surface area contributed by atoms with Crippen molar-refractivity contribution in [2.24, 2.45) is 0 Å². The smallest absolute Gasteiger partial charge is 0.320 e. The Morgan fingerprint density at radius 1 is 1.57 bits per heavy atom.